The number of carbonyl (C=O) groups is 4. The Labute approximate surface area is 333 Å². The van der Waals surface area contributed by atoms with Gasteiger partial charge in [-0.3, -0.25) is 19.2 Å². The third kappa shape index (κ3) is 21.2. The zero-order valence-corrected chi connectivity index (χ0v) is 33.1. The predicted octanol–water partition coefficient (Wildman–Crippen LogP) is 4.13. The fourth-order valence-corrected chi connectivity index (χ4v) is 6.37. The first kappa shape index (κ1) is 51.8. The Bertz CT molecular complexity index is 1550. The van der Waals surface area contributed by atoms with Crippen LogP contribution in [0.3, 0.4) is 0 Å². The maximum absolute atomic E-state index is 13.0. The number of hydrogen-bond donors (Lipinski definition) is 0. The second kappa shape index (κ2) is 27.3. The van der Waals surface area contributed by atoms with Gasteiger partial charge in [-0.05, 0) is 67.9 Å². The van der Waals surface area contributed by atoms with E-state index in [9.17, 15) is 50.6 Å². The van der Waals surface area contributed by atoms with Crippen molar-refractivity contribution in [3.63, 3.8) is 0 Å². The Morgan fingerprint density at radius 2 is 1.36 bits per heavy atom. The van der Waals surface area contributed by atoms with Crippen LogP contribution >= 0.6 is 23.5 Å². The van der Waals surface area contributed by atoms with Gasteiger partial charge in [0.25, 0.3) is 0 Å². The van der Waals surface area contributed by atoms with Crippen molar-refractivity contribution in [1.29, 1.82) is 0 Å². The Kier molecular flexibility index (Phi) is 26.6. The van der Waals surface area contributed by atoms with Crippen molar-refractivity contribution in [1.82, 2.24) is 0 Å². The average Bonchev–Trinajstić information content (AvgIpc) is 3.07. The van der Waals surface area contributed by atoms with Crippen LogP contribution in [0, 0.1) is 11.8 Å². The smallest absolute Gasteiger partial charge is 0.875 e. The van der Waals surface area contributed by atoms with E-state index in [-0.39, 0.29) is 81.6 Å². The standard InChI is InChI=1S/C17H17F3O4S.C13H13F3OS.C4H8O2.CO2.Na/c1-24-16(23)15-10(8-11(21)9-13(15)22)6-7-25-14-5-3-2-4-12(14)17(18,19)20;1-10(17)6-4-5-9-18-12-8-3-2-7-11(12)13(14,15)16;1-3-4(5)6-2;2-1-3;/h2-5,9-10,15,22H,6-8H2,1H3;2-4,6-8H,5,9H2,1H3;3H2,1-2H3;;/q;;;;+1/p-1/b;6-4+;;;. The van der Waals surface area contributed by atoms with E-state index in [2.05, 4.69) is 9.47 Å². The second-order valence-corrected chi connectivity index (χ2v) is 12.5. The summed E-state index contributed by atoms with van der Waals surface area (Å²) >= 11 is 2.13. The van der Waals surface area contributed by atoms with Crippen molar-refractivity contribution < 1.29 is 99.2 Å². The molecule has 286 valence electrons. The number of methoxy groups -OCH3 is 2. The molecule has 0 fully saturated rings. The predicted molar refractivity (Wildman–Crippen MR) is 177 cm³/mol. The van der Waals surface area contributed by atoms with Crippen LogP contribution < -0.4 is 34.7 Å². The minimum absolute atomic E-state index is 0. The van der Waals surface area contributed by atoms with Crippen LogP contribution in [0.15, 0.2) is 82.3 Å². The van der Waals surface area contributed by atoms with Crippen LogP contribution in [0.25, 0.3) is 0 Å². The summed E-state index contributed by atoms with van der Waals surface area (Å²) in [5.41, 5.74) is -1.33. The molecule has 0 radical (unpaired) electrons. The number of benzene rings is 2. The minimum atomic E-state index is -4.45. The maximum atomic E-state index is 13.0. The number of thioether (sulfide) groups is 2. The van der Waals surface area contributed by atoms with Gasteiger partial charge in [0.2, 0.25) is 0 Å². The largest absolute Gasteiger partial charge is 1.00 e. The van der Waals surface area contributed by atoms with Gasteiger partial charge in [0.1, 0.15) is 0 Å². The van der Waals surface area contributed by atoms with E-state index in [1.807, 2.05) is 0 Å². The molecule has 0 amide bonds. The molecule has 0 heterocycles. The van der Waals surface area contributed by atoms with Gasteiger partial charge in [-0.2, -0.15) is 35.9 Å². The molecule has 0 bridgehead atoms. The van der Waals surface area contributed by atoms with Crippen molar-refractivity contribution in [3.8, 4) is 0 Å². The van der Waals surface area contributed by atoms with E-state index in [1.54, 1.807) is 19.1 Å². The Morgan fingerprint density at radius 3 is 1.75 bits per heavy atom. The first-order valence-electron chi connectivity index (χ1n) is 15.2. The fourth-order valence-electron chi connectivity index (χ4n) is 4.22. The molecule has 1 aliphatic carbocycles. The van der Waals surface area contributed by atoms with Crippen LogP contribution in [-0.2, 0) is 50.6 Å². The molecule has 18 heteroatoms. The van der Waals surface area contributed by atoms with Gasteiger partial charge in [0.15, 0.2) is 11.6 Å². The Balaban J connectivity index is 0. The van der Waals surface area contributed by atoms with Crippen LogP contribution in [0.4, 0.5) is 26.3 Å². The normalized spacial score (nSPS) is 15.0. The van der Waals surface area contributed by atoms with Crippen LogP contribution in [0.2, 0.25) is 0 Å². The third-order valence-corrected chi connectivity index (χ3v) is 8.76. The number of hydrogen-bond acceptors (Lipinski definition) is 11. The zero-order valence-electron chi connectivity index (χ0n) is 29.5. The fraction of sp³-hybridized carbons (Fsp3) is 0.400. The van der Waals surface area contributed by atoms with E-state index in [0.29, 0.717) is 18.6 Å². The third-order valence-electron chi connectivity index (χ3n) is 6.54. The number of allylic oxidation sites excluding steroid dienone is 3. The SMILES string of the molecule is CC(=O)/C=C/CCSc1ccccc1C(F)(F)F.CCC(=O)OC.COC(=O)C1C([O-])=CC(=O)CC1CCSc1ccccc1C(F)(F)F.O=C=O.[Na+]. The van der Waals surface area contributed by atoms with Crippen molar-refractivity contribution in [2.75, 3.05) is 25.7 Å². The number of rotatable bonds is 11. The molecule has 0 saturated heterocycles. The summed E-state index contributed by atoms with van der Waals surface area (Å²) in [5, 5.41) is 11.9. The molecular formula is C35H37F6NaO9S2. The van der Waals surface area contributed by atoms with Gasteiger partial charge in [-0.1, -0.05) is 37.3 Å². The van der Waals surface area contributed by atoms with E-state index in [4.69, 9.17) is 9.59 Å². The van der Waals surface area contributed by atoms with Crippen molar-refractivity contribution >= 4 is 53.2 Å². The Hall–Kier alpha value is -3.34. The van der Waals surface area contributed by atoms with Gasteiger partial charge >= 0.3 is 60.0 Å². The Morgan fingerprint density at radius 1 is 0.887 bits per heavy atom. The molecule has 0 spiro atoms. The van der Waals surface area contributed by atoms with Crippen LogP contribution in [-0.4, -0.2) is 55.4 Å². The van der Waals surface area contributed by atoms with E-state index in [1.165, 1.54) is 50.4 Å². The summed E-state index contributed by atoms with van der Waals surface area (Å²) in [7, 11) is 2.53. The number of alkyl halides is 6. The van der Waals surface area contributed by atoms with Crippen molar-refractivity contribution in [2.45, 2.75) is 61.7 Å². The molecule has 1 aliphatic rings. The minimum Gasteiger partial charge on any atom is -0.875 e. The van der Waals surface area contributed by atoms with Crippen LogP contribution in [0.1, 0.15) is 50.7 Å². The van der Waals surface area contributed by atoms with Gasteiger partial charge in [0.05, 0.1) is 31.3 Å². The topological polar surface area (TPSA) is 144 Å². The molecule has 2 aromatic rings. The number of halogens is 6. The van der Waals surface area contributed by atoms with Gasteiger partial charge in [0, 0.05) is 28.4 Å². The first-order chi connectivity index (χ1) is 24.4. The van der Waals surface area contributed by atoms with Crippen molar-refractivity contribution in [2.24, 2.45) is 11.8 Å². The molecule has 0 aromatic heterocycles. The monoisotopic (exact) mass is 802 g/mol. The molecule has 53 heavy (non-hydrogen) atoms. The second-order valence-electron chi connectivity index (χ2n) is 10.3. The molecule has 3 rings (SSSR count). The summed E-state index contributed by atoms with van der Waals surface area (Å²) < 4.78 is 85.8. The molecule has 9 nitrogen and oxygen atoms in total. The summed E-state index contributed by atoms with van der Waals surface area (Å²) in [5.74, 6) is -2.80. The van der Waals surface area contributed by atoms with E-state index >= 15 is 0 Å². The number of ketones is 2. The first-order valence-corrected chi connectivity index (χ1v) is 17.1. The number of esters is 2. The van der Waals surface area contributed by atoms with Gasteiger partial charge in [-0.25, -0.2) is 0 Å². The molecule has 0 N–H and O–H groups in total. The number of carbonyl (C=O) groups excluding carboxylic acids is 6. The molecule has 2 unspecified atom stereocenters. The molecule has 0 aliphatic heterocycles. The van der Waals surface area contributed by atoms with E-state index in [0.717, 1.165) is 48.8 Å². The summed E-state index contributed by atoms with van der Waals surface area (Å²) in [6, 6.07) is 10.7. The van der Waals surface area contributed by atoms with E-state index < -0.39 is 47.0 Å². The van der Waals surface area contributed by atoms with Crippen molar-refractivity contribution in [3.05, 3.63) is 83.6 Å². The molecular weight excluding hydrogens is 765 g/mol. The molecule has 2 aromatic carbocycles. The van der Waals surface area contributed by atoms with Crippen LogP contribution in [0.5, 0.6) is 0 Å². The molecule has 2 atom stereocenters. The summed E-state index contributed by atoms with van der Waals surface area (Å²) in [4.78, 5) is 60.5. The summed E-state index contributed by atoms with van der Waals surface area (Å²) in [6.45, 7) is 3.19. The average molecular weight is 803 g/mol. The van der Waals surface area contributed by atoms with Gasteiger partial charge < -0.3 is 14.6 Å². The zero-order chi connectivity index (χ0) is 39.9. The molecule has 0 saturated carbocycles. The number of ether oxygens (including phenoxy) is 2. The van der Waals surface area contributed by atoms with Gasteiger partial charge in [-0.15, -0.1) is 29.3 Å². The summed E-state index contributed by atoms with van der Waals surface area (Å²) in [6.07, 6.45) is -3.24. The maximum Gasteiger partial charge on any atom is 1.00 e. The quantitative estimate of drug-likeness (QED) is 0.0809.